The summed E-state index contributed by atoms with van der Waals surface area (Å²) in [5.41, 5.74) is 1.48. The lowest BCUT2D eigenvalue weighted by molar-refractivity contribution is -0.131. The maximum atomic E-state index is 12.7. The van der Waals surface area contributed by atoms with Gasteiger partial charge in [0.1, 0.15) is 19.2 Å². The highest BCUT2D eigenvalue weighted by molar-refractivity contribution is 6.32. The van der Waals surface area contributed by atoms with Crippen molar-refractivity contribution in [2.45, 2.75) is 25.7 Å². The number of aryl methyl sites for hydroxylation is 1. The molecule has 2 aliphatic rings. The van der Waals surface area contributed by atoms with E-state index in [0.717, 1.165) is 19.3 Å². The zero-order chi connectivity index (χ0) is 21.3. The van der Waals surface area contributed by atoms with E-state index in [0.29, 0.717) is 36.5 Å². The summed E-state index contributed by atoms with van der Waals surface area (Å²) < 4.78 is 1.47. The summed E-state index contributed by atoms with van der Waals surface area (Å²) >= 11 is 0. The van der Waals surface area contributed by atoms with Gasteiger partial charge in [-0.2, -0.15) is 5.10 Å². The van der Waals surface area contributed by atoms with Crippen LogP contribution in [0, 0.1) is 11.8 Å². The molecular formula is C21H24BN5O3. The molecule has 0 spiro atoms. The highest BCUT2D eigenvalue weighted by atomic mass is 16.2. The molecule has 2 N–H and O–H groups in total. The van der Waals surface area contributed by atoms with Crippen molar-refractivity contribution in [2.75, 3.05) is 23.7 Å². The number of hydrogen-bond donors (Lipinski definition) is 2. The molecule has 1 atom stereocenters. The van der Waals surface area contributed by atoms with E-state index in [1.165, 1.54) is 10.9 Å². The Morgan fingerprint density at radius 1 is 1.13 bits per heavy atom. The van der Waals surface area contributed by atoms with Gasteiger partial charge in [0.15, 0.2) is 0 Å². The van der Waals surface area contributed by atoms with Crippen LogP contribution < -0.4 is 16.1 Å². The third kappa shape index (κ3) is 4.55. The molecule has 2 fully saturated rings. The lowest BCUT2D eigenvalue weighted by Crippen LogP contribution is -2.30. The first-order chi connectivity index (χ1) is 14.4. The third-order valence-corrected chi connectivity index (χ3v) is 5.61. The summed E-state index contributed by atoms with van der Waals surface area (Å²) in [6.07, 6.45) is 4.53. The van der Waals surface area contributed by atoms with Gasteiger partial charge in [-0.1, -0.05) is 17.6 Å². The lowest BCUT2D eigenvalue weighted by atomic mass is 9.96. The van der Waals surface area contributed by atoms with E-state index in [1.54, 1.807) is 31.3 Å². The number of amides is 3. The van der Waals surface area contributed by atoms with Crippen LogP contribution in [0.5, 0.6) is 0 Å². The molecule has 1 aliphatic heterocycles. The number of carbonyl (C=O) groups excluding carboxylic acids is 3. The Balaban J connectivity index is 1.35. The molecule has 2 radical (unpaired) electrons. The number of hydrogen-bond acceptors (Lipinski definition) is 4. The van der Waals surface area contributed by atoms with Crippen molar-refractivity contribution in [3.8, 4) is 0 Å². The molecule has 1 saturated heterocycles. The standard InChI is InChI=1S/C21H24BN5O3/c1-26-19(17(11-23-26)20(29)24-16-6-4-15(22)5-7-16)25-18(28)10-13-8-9-27(12-13)21(30)14-2-3-14/h4-7,11,13-14H,2-3,8-10,12H2,1H3,(H,24,29)(H,25,28)/t13-/m0/s1. The van der Waals surface area contributed by atoms with Crippen molar-refractivity contribution < 1.29 is 14.4 Å². The van der Waals surface area contributed by atoms with Gasteiger partial charge in [-0.05, 0) is 37.3 Å². The van der Waals surface area contributed by atoms with E-state index in [1.807, 2.05) is 4.90 Å². The summed E-state index contributed by atoms with van der Waals surface area (Å²) in [5, 5.41) is 9.70. The molecule has 154 valence electrons. The Hall–Kier alpha value is -3.10. The van der Waals surface area contributed by atoms with Gasteiger partial charge in [0.2, 0.25) is 11.8 Å². The highest BCUT2D eigenvalue weighted by Gasteiger charge is 2.37. The van der Waals surface area contributed by atoms with Crippen molar-refractivity contribution in [1.29, 1.82) is 0 Å². The van der Waals surface area contributed by atoms with E-state index in [-0.39, 0.29) is 35.1 Å². The van der Waals surface area contributed by atoms with Crippen molar-refractivity contribution in [1.82, 2.24) is 14.7 Å². The number of rotatable bonds is 6. The molecule has 2 heterocycles. The van der Waals surface area contributed by atoms with Crippen LogP contribution in [0.4, 0.5) is 11.5 Å². The SMILES string of the molecule is [B]c1ccc(NC(=O)c2cnn(C)c2NC(=O)C[C@@H]2CCN(C(=O)C3CC3)C2)cc1. The van der Waals surface area contributed by atoms with Crippen LogP contribution in [0.2, 0.25) is 0 Å². The fraction of sp³-hybridized carbons (Fsp3) is 0.429. The number of benzene rings is 1. The number of nitrogens with zero attached hydrogens (tertiary/aromatic N) is 3. The minimum atomic E-state index is -0.370. The minimum Gasteiger partial charge on any atom is -0.342 e. The number of carbonyl (C=O) groups is 3. The first kappa shape index (κ1) is 20.2. The van der Waals surface area contributed by atoms with Crippen LogP contribution in [0.1, 0.15) is 36.0 Å². The second-order valence-electron chi connectivity index (χ2n) is 8.07. The maximum Gasteiger partial charge on any atom is 0.261 e. The number of anilines is 2. The molecule has 4 rings (SSSR count). The summed E-state index contributed by atoms with van der Waals surface area (Å²) in [7, 11) is 7.33. The summed E-state index contributed by atoms with van der Waals surface area (Å²) in [6.45, 7) is 1.34. The molecule has 3 amide bonds. The monoisotopic (exact) mass is 405 g/mol. The van der Waals surface area contributed by atoms with Gasteiger partial charge in [-0.15, -0.1) is 0 Å². The van der Waals surface area contributed by atoms with Gasteiger partial charge in [-0.25, -0.2) is 0 Å². The molecule has 1 saturated carbocycles. The van der Waals surface area contributed by atoms with Gasteiger partial charge >= 0.3 is 0 Å². The molecule has 1 aromatic carbocycles. The topological polar surface area (TPSA) is 96.3 Å². The van der Waals surface area contributed by atoms with Gasteiger partial charge in [-0.3, -0.25) is 19.1 Å². The van der Waals surface area contributed by atoms with E-state index in [2.05, 4.69) is 15.7 Å². The van der Waals surface area contributed by atoms with E-state index in [9.17, 15) is 14.4 Å². The molecule has 9 heteroatoms. The molecule has 0 bridgehead atoms. The van der Waals surface area contributed by atoms with Crippen LogP contribution in [0.3, 0.4) is 0 Å². The van der Waals surface area contributed by atoms with Gasteiger partial charge in [0.05, 0.1) is 6.20 Å². The third-order valence-electron chi connectivity index (χ3n) is 5.61. The van der Waals surface area contributed by atoms with Crippen LogP contribution in [0.25, 0.3) is 0 Å². The fourth-order valence-corrected chi connectivity index (χ4v) is 3.75. The summed E-state index contributed by atoms with van der Waals surface area (Å²) in [4.78, 5) is 39.3. The predicted molar refractivity (Wildman–Crippen MR) is 114 cm³/mol. The molecule has 0 unspecified atom stereocenters. The minimum absolute atomic E-state index is 0.132. The van der Waals surface area contributed by atoms with E-state index < -0.39 is 0 Å². The van der Waals surface area contributed by atoms with Crippen molar-refractivity contribution in [2.24, 2.45) is 18.9 Å². The molecule has 1 aromatic heterocycles. The average Bonchev–Trinajstić information content (AvgIpc) is 3.37. The second kappa shape index (κ2) is 8.34. The maximum absolute atomic E-state index is 12.7. The van der Waals surface area contributed by atoms with Crippen molar-refractivity contribution in [3.05, 3.63) is 36.0 Å². The van der Waals surface area contributed by atoms with Crippen LogP contribution in [-0.2, 0) is 16.6 Å². The number of aromatic nitrogens is 2. The van der Waals surface area contributed by atoms with Gasteiger partial charge in [0.25, 0.3) is 5.91 Å². The van der Waals surface area contributed by atoms with Crippen LogP contribution in [-0.4, -0.2) is 53.3 Å². The van der Waals surface area contributed by atoms with Crippen LogP contribution >= 0.6 is 0 Å². The van der Waals surface area contributed by atoms with Crippen LogP contribution in [0.15, 0.2) is 30.5 Å². The largest absolute Gasteiger partial charge is 0.342 e. The zero-order valence-corrected chi connectivity index (χ0v) is 16.9. The molecule has 8 nitrogen and oxygen atoms in total. The zero-order valence-electron chi connectivity index (χ0n) is 16.9. The first-order valence-corrected chi connectivity index (χ1v) is 10.2. The Labute approximate surface area is 176 Å². The summed E-state index contributed by atoms with van der Waals surface area (Å²) in [6, 6.07) is 6.80. The quantitative estimate of drug-likeness (QED) is 0.703. The average molecular weight is 405 g/mol. The summed E-state index contributed by atoms with van der Waals surface area (Å²) in [5.74, 6) is 0.348. The van der Waals surface area contributed by atoms with Gasteiger partial charge < -0.3 is 15.5 Å². The smallest absolute Gasteiger partial charge is 0.261 e. The Morgan fingerprint density at radius 2 is 1.87 bits per heavy atom. The van der Waals surface area contributed by atoms with Crippen molar-refractivity contribution in [3.63, 3.8) is 0 Å². The Morgan fingerprint density at radius 3 is 2.57 bits per heavy atom. The Bertz CT molecular complexity index is 968. The second-order valence-corrected chi connectivity index (χ2v) is 8.07. The normalized spacial score (nSPS) is 18.3. The highest BCUT2D eigenvalue weighted by Crippen LogP contribution is 2.33. The number of likely N-dealkylation sites (tertiary alicyclic amines) is 1. The van der Waals surface area contributed by atoms with Gasteiger partial charge in [0, 0.05) is 38.2 Å². The number of nitrogens with one attached hydrogen (secondary N) is 2. The fourth-order valence-electron chi connectivity index (χ4n) is 3.75. The molecule has 2 aromatic rings. The predicted octanol–water partition coefficient (Wildman–Crippen LogP) is 1.05. The Kier molecular flexibility index (Phi) is 5.61. The van der Waals surface area contributed by atoms with Crippen molar-refractivity contribution >= 4 is 42.5 Å². The molecule has 30 heavy (non-hydrogen) atoms. The molecular weight excluding hydrogens is 381 g/mol. The van der Waals surface area contributed by atoms with E-state index >= 15 is 0 Å². The van der Waals surface area contributed by atoms with E-state index in [4.69, 9.17) is 7.85 Å². The first-order valence-electron chi connectivity index (χ1n) is 10.2. The molecule has 1 aliphatic carbocycles. The lowest BCUT2D eigenvalue weighted by Gasteiger charge is -2.16.